The molecule has 1 aliphatic heterocycles. The summed E-state index contributed by atoms with van der Waals surface area (Å²) in [6.45, 7) is 10.5. The molecule has 5 heteroatoms. The van der Waals surface area contributed by atoms with Crippen LogP contribution in [0.3, 0.4) is 0 Å². The molecule has 0 saturated heterocycles. The van der Waals surface area contributed by atoms with E-state index in [-0.39, 0.29) is 18.4 Å². The van der Waals surface area contributed by atoms with Gasteiger partial charge in [0.25, 0.3) is 5.91 Å². The van der Waals surface area contributed by atoms with Crippen molar-refractivity contribution in [3.63, 3.8) is 0 Å². The van der Waals surface area contributed by atoms with Crippen molar-refractivity contribution in [1.29, 1.82) is 0 Å². The van der Waals surface area contributed by atoms with Gasteiger partial charge in [0.2, 0.25) is 0 Å². The molecule has 0 fully saturated rings. The highest BCUT2D eigenvalue weighted by Gasteiger charge is 2.37. The first-order chi connectivity index (χ1) is 11.0. The molecule has 1 unspecified atom stereocenters. The van der Waals surface area contributed by atoms with Gasteiger partial charge in [-0.3, -0.25) is 4.79 Å². The second-order valence-electron chi connectivity index (χ2n) is 5.97. The van der Waals surface area contributed by atoms with Crippen LogP contribution in [0.25, 0.3) is 0 Å². The average molecular weight is 319 g/mol. The lowest BCUT2D eigenvalue weighted by Gasteiger charge is -2.36. The Kier molecular flexibility index (Phi) is 5.66. The number of amides is 1. The minimum absolute atomic E-state index is 0.0412. The Bertz CT molecular complexity index is 583. The number of aliphatic hydroxyl groups excluding tert-OH is 1. The van der Waals surface area contributed by atoms with E-state index < -0.39 is 6.10 Å². The Labute approximate surface area is 137 Å². The topological polar surface area (TPSA) is 59.0 Å². The summed E-state index contributed by atoms with van der Waals surface area (Å²) >= 11 is 0. The maximum atomic E-state index is 12.7. The third-order valence-corrected chi connectivity index (χ3v) is 3.70. The van der Waals surface area contributed by atoms with E-state index >= 15 is 0 Å². The Hall–Kier alpha value is -2.01. The van der Waals surface area contributed by atoms with E-state index in [2.05, 4.69) is 6.58 Å². The van der Waals surface area contributed by atoms with Crippen LogP contribution in [-0.2, 0) is 11.4 Å². The van der Waals surface area contributed by atoms with Gasteiger partial charge < -0.3 is 19.5 Å². The molecule has 1 N–H and O–H groups in total. The van der Waals surface area contributed by atoms with E-state index in [1.54, 1.807) is 23.1 Å². The van der Waals surface area contributed by atoms with Crippen LogP contribution in [0.4, 0.5) is 5.69 Å². The Morgan fingerprint density at radius 2 is 2.22 bits per heavy atom. The van der Waals surface area contributed by atoms with E-state index in [0.29, 0.717) is 35.9 Å². The second-order valence-corrected chi connectivity index (χ2v) is 5.97. The van der Waals surface area contributed by atoms with Gasteiger partial charge in [0.05, 0.1) is 18.9 Å². The molecule has 1 aliphatic rings. The normalized spacial score (nSPS) is 17.0. The molecule has 0 saturated carbocycles. The van der Waals surface area contributed by atoms with E-state index in [4.69, 9.17) is 9.47 Å². The SMILES string of the molecule is C=CCN1C(=O)C(C(C)C)Oc2c(OCCC)cc(CO)cc21. The lowest BCUT2D eigenvalue weighted by Crippen LogP contribution is -2.48. The van der Waals surface area contributed by atoms with Gasteiger partial charge >= 0.3 is 0 Å². The number of aliphatic hydroxyl groups is 1. The molecule has 1 aromatic carbocycles. The van der Waals surface area contributed by atoms with Gasteiger partial charge in [-0.1, -0.05) is 26.8 Å². The number of fused-ring (bicyclic) bond motifs is 1. The summed E-state index contributed by atoms with van der Waals surface area (Å²) in [7, 11) is 0. The number of carbonyl (C=O) groups is 1. The number of nitrogens with zero attached hydrogens (tertiary/aromatic N) is 1. The molecule has 0 spiro atoms. The molecule has 2 rings (SSSR count). The van der Waals surface area contributed by atoms with E-state index in [1.807, 2.05) is 20.8 Å². The fourth-order valence-electron chi connectivity index (χ4n) is 2.56. The molecular weight excluding hydrogens is 294 g/mol. The van der Waals surface area contributed by atoms with Crippen molar-refractivity contribution >= 4 is 11.6 Å². The first kappa shape index (κ1) is 17.3. The van der Waals surface area contributed by atoms with Crippen molar-refractivity contribution < 1.29 is 19.4 Å². The van der Waals surface area contributed by atoms with Crippen molar-refractivity contribution in [3.05, 3.63) is 30.4 Å². The van der Waals surface area contributed by atoms with Crippen LogP contribution in [0.2, 0.25) is 0 Å². The average Bonchev–Trinajstić information content (AvgIpc) is 2.54. The fourth-order valence-corrected chi connectivity index (χ4v) is 2.56. The number of anilines is 1. The lowest BCUT2D eigenvalue weighted by molar-refractivity contribution is -0.128. The van der Waals surface area contributed by atoms with Crippen LogP contribution >= 0.6 is 0 Å². The monoisotopic (exact) mass is 319 g/mol. The highest BCUT2D eigenvalue weighted by molar-refractivity contribution is 6.01. The van der Waals surface area contributed by atoms with Gasteiger partial charge in [0.1, 0.15) is 0 Å². The number of hydrogen-bond acceptors (Lipinski definition) is 4. The van der Waals surface area contributed by atoms with Crippen molar-refractivity contribution in [2.75, 3.05) is 18.1 Å². The molecule has 1 amide bonds. The summed E-state index contributed by atoms with van der Waals surface area (Å²) in [5.74, 6) is 1.08. The van der Waals surface area contributed by atoms with E-state index in [1.165, 1.54) is 0 Å². The first-order valence-corrected chi connectivity index (χ1v) is 8.02. The van der Waals surface area contributed by atoms with Crippen molar-refractivity contribution in [3.8, 4) is 11.5 Å². The standard InChI is InChI=1S/C18H25NO4/c1-5-7-19-14-9-13(11-20)10-15(22-8-6-2)17(14)23-16(12(3)4)18(19)21/h5,9-10,12,16,20H,1,6-8,11H2,2-4H3. The summed E-state index contributed by atoms with van der Waals surface area (Å²) < 4.78 is 11.8. The molecule has 1 heterocycles. The Morgan fingerprint density at radius 1 is 1.48 bits per heavy atom. The lowest BCUT2D eigenvalue weighted by atomic mass is 10.0. The molecular formula is C18H25NO4. The third-order valence-electron chi connectivity index (χ3n) is 3.70. The van der Waals surface area contributed by atoms with Crippen molar-refractivity contribution in [1.82, 2.24) is 0 Å². The third kappa shape index (κ3) is 3.50. The zero-order valence-electron chi connectivity index (χ0n) is 14.0. The minimum atomic E-state index is -0.550. The highest BCUT2D eigenvalue weighted by Crippen LogP contribution is 2.44. The number of hydrogen-bond donors (Lipinski definition) is 1. The van der Waals surface area contributed by atoms with Crippen molar-refractivity contribution in [2.24, 2.45) is 5.92 Å². The zero-order chi connectivity index (χ0) is 17.0. The van der Waals surface area contributed by atoms with E-state index in [9.17, 15) is 9.90 Å². The van der Waals surface area contributed by atoms with Crippen LogP contribution in [0.1, 0.15) is 32.8 Å². The maximum Gasteiger partial charge on any atom is 0.268 e. The first-order valence-electron chi connectivity index (χ1n) is 8.02. The summed E-state index contributed by atoms with van der Waals surface area (Å²) in [6.07, 6.45) is 2.00. The summed E-state index contributed by atoms with van der Waals surface area (Å²) in [6, 6.07) is 3.54. The molecule has 1 atom stereocenters. The van der Waals surface area contributed by atoms with Gasteiger partial charge in [-0.05, 0) is 30.0 Å². The smallest absolute Gasteiger partial charge is 0.268 e. The molecule has 1 aromatic rings. The number of rotatable bonds is 7. The molecule has 23 heavy (non-hydrogen) atoms. The van der Waals surface area contributed by atoms with Gasteiger partial charge in [-0.2, -0.15) is 0 Å². The molecule has 0 aromatic heterocycles. The van der Waals surface area contributed by atoms with E-state index in [0.717, 1.165) is 6.42 Å². The molecule has 0 radical (unpaired) electrons. The Morgan fingerprint density at radius 3 is 2.78 bits per heavy atom. The van der Waals surface area contributed by atoms with Gasteiger partial charge in [0.15, 0.2) is 17.6 Å². The van der Waals surface area contributed by atoms with Gasteiger partial charge in [-0.25, -0.2) is 0 Å². The summed E-state index contributed by atoms with van der Waals surface area (Å²) in [5, 5.41) is 9.49. The summed E-state index contributed by atoms with van der Waals surface area (Å²) in [4.78, 5) is 14.3. The zero-order valence-corrected chi connectivity index (χ0v) is 14.0. The second kappa shape index (κ2) is 7.51. The largest absolute Gasteiger partial charge is 0.490 e. The molecule has 5 nitrogen and oxygen atoms in total. The number of carbonyl (C=O) groups excluding carboxylic acids is 1. The molecule has 0 bridgehead atoms. The highest BCUT2D eigenvalue weighted by atomic mass is 16.5. The van der Waals surface area contributed by atoms with Gasteiger partial charge in [-0.15, -0.1) is 6.58 Å². The minimum Gasteiger partial charge on any atom is -0.490 e. The quantitative estimate of drug-likeness (QED) is 0.785. The Balaban J connectivity index is 2.55. The summed E-state index contributed by atoms with van der Waals surface area (Å²) in [5.41, 5.74) is 1.31. The predicted molar refractivity (Wildman–Crippen MR) is 90.0 cm³/mol. The fraction of sp³-hybridized carbons (Fsp3) is 0.500. The number of ether oxygens (including phenoxy) is 2. The molecule has 126 valence electrons. The van der Waals surface area contributed by atoms with Crippen LogP contribution in [-0.4, -0.2) is 30.3 Å². The van der Waals surface area contributed by atoms with Crippen molar-refractivity contribution in [2.45, 2.75) is 39.9 Å². The number of benzene rings is 1. The van der Waals surface area contributed by atoms with Crippen LogP contribution < -0.4 is 14.4 Å². The van der Waals surface area contributed by atoms with Crippen LogP contribution in [0.5, 0.6) is 11.5 Å². The maximum absolute atomic E-state index is 12.7. The van der Waals surface area contributed by atoms with Gasteiger partial charge in [0, 0.05) is 6.54 Å². The predicted octanol–water partition coefficient (Wildman–Crippen LogP) is 2.90. The van der Waals surface area contributed by atoms with Crippen LogP contribution in [0, 0.1) is 5.92 Å². The molecule has 0 aliphatic carbocycles. The van der Waals surface area contributed by atoms with Crippen LogP contribution in [0.15, 0.2) is 24.8 Å².